The molecule has 0 saturated carbocycles. The van der Waals surface area contributed by atoms with Crippen LogP contribution < -0.4 is 5.73 Å². The van der Waals surface area contributed by atoms with Gasteiger partial charge in [0, 0.05) is 25.0 Å². The lowest BCUT2D eigenvalue weighted by Gasteiger charge is -2.04. The fourth-order valence-electron chi connectivity index (χ4n) is 1.64. The molecule has 2 rings (SSSR count). The van der Waals surface area contributed by atoms with Crippen molar-refractivity contribution in [3.63, 3.8) is 0 Å². The number of aromatic nitrogens is 2. The van der Waals surface area contributed by atoms with Crippen molar-refractivity contribution in [2.24, 2.45) is 5.73 Å². The summed E-state index contributed by atoms with van der Waals surface area (Å²) in [5.74, 6) is 0. The molecule has 0 aliphatic carbocycles. The van der Waals surface area contributed by atoms with E-state index in [9.17, 15) is 0 Å². The lowest BCUT2D eigenvalue weighted by Crippen LogP contribution is -2.10. The summed E-state index contributed by atoms with van der Waals surface area (Å²) >= 11 is 0. The number of hydrogen-bond donors (Lipinski definition) is 1. The highest BCUT2D eigenvalue weighted by atomic mass is 15.0. The molecule has 2 N–H and O–H groups in total. The number of rotatable bonds is 2. The molecule has 2 heterocycles. The van der Waals surface area contributed by atoms with Gasteiger partial charge in [-0.15, -0.1) is 0 Å². The van der Waals surface area contributed by atoms with Crippen LogP contribution in [0.4, 0.5) is 0 Å². The summed E-state index contributed by atoms with van der Waals surface area (Å²) in [6.45, 7) is 3.61. The van der Waals surface area contributed by atoms with Gasteiger partial charge in [0.05, 0.1) is 11.0 Å². The van der Waals surface area contributed by atoms with Gasteiger partial charge in [0.25, 0.3) is 0 Å². The van der Waals surface area contributed by atoms with E-state index in [1.165, 1.54) is 11.2 Å². The minimum atomic E-state index is 0.666. The zero-order chi connectivity index (χ0) is 9.26. The predicted octanol–water partition coefficient (Wildman–Crippen LogP) is 1.30. The summed E-state index contributed by atoms with van der Waals surface area (Å²) < 4.78 is 2.20. The summed E-state index contributed by atoms with van der Waals surface area (Å²) in [4.78, 5) is 4.28. The predicted molar refractivity (Wildman–Crippen MR) is 53.5 cm³/mol. The zero-order valence-electron chi connectivity index (χ0n) is 7.70. The van der Waals surface area contributed by atoms with E-state index in [0.717, 1.165) is 12.1 Å². The highest BCUT2D eigenvalue weighted by molar-refractivity contribution is 5.76. The van der Waals surface area contributed by atoms with Crippen LogP contribution >= 0.6 is 0 Å². The van der Waals surface area contributed by atoms with Gasteiger partial charge in [0.15, 0.2) is 0 Å². The van der Waals surface area contributed by atoms with Crippen LogP contribution in [0.1, 0.15) is 5.69 Å². The lowest BCUT2D eigenvalue weighted by atomic mass is 10.4. The number of fused-ring (bicyclic) bond motifs is 1. The van der Waals surface area contributed by atoms with Crippen molar-refractivity contribution in [3.05, 3.63) is 30.1 Å². The summed E-state index contributed by atoms with van der Waals surface area (Å²) in [5, 5.41) is 0. The fourth-order valence-corrected chi connectivity index (χ4v) is 1.64. The average molecular weight is 175 g/mol. The molecule has 0 aliphatic rings. The molecule has 2 aromatic heterocycles. The Morgan fingerprint density at radius 2 is 2.38 bits per heavy atom. The van der Waals surface area contributed by atoms with Crippen LogP contribution in [-0.4, -0.2) is 16.1 Å². The fraction of sp³-hybridized carbons (Fsp3) is 0.300. The second kappa shape index (κ2) is 3.18. The first-order valence-corrected chi connectivity index (χ1v) is 4.44. The third kappa shape index (κ3) is 1.31. The molecule has 0 bridgehead atoms. The van der Waals surface area contributed by atoms with Gasteiger partial charge in [-0.1, -0.05) is 0 Å². The highest BCUT2D eigenvalue weighted by Gasteiger charge is 2.03. The summed E-state index contributed by atoms with van der Waals surface area (Å²) in [5.41, 5.74) is 8.98. The molecule has 0 radical (unpaired) electrons. The third-order valence-electron chi connectivity index (χ3n) is 2.23. The average Bonchev–Trinajstić information content (AvgIpc) is 2.44. The Labute approximate surface area is 77.2 Å². The van der Waals surface area contributed by atoms with Crippen molar-refractivity contribution in [2.45, 2.75) is 13.5 Å². The molecule has 3 nitrogen and oxygen atoms in total. The molecule has 0 amide bonds. The van der Waals surface area contributed by atoms with Gasteiger partial charge < -0.3 is 10.3 Å². The van der Waals surface area contributed by atoms with Crippen LogP contribution in [-0.2, 0) is 6.54 Å². The Bertz CT molecular complexity index is 417. The molecule has 3 heteroatoms. The Kier molecular flexibility index (Phi) is 2.02. The van der Waals surface area contributed by atoms with Crippen molar-refractivity contribution in [2.75, 3.05) is 6.54 Å². The maximum Gasteiger partial charge on any atom is 0.0883 e. The molecule has 0 aliphatic heterocycles. The smallest absolute Gasteiger partial charge is 0.0883 e. The first-order chi connectivity index (χ1) is 6.33. The van der Waals surface area contributed by atoms with E-state index < -0.39 is 0 Å². The molecular weight excluding hydrogens is 162 g/mol. The number of pyridine rings is 1. The summed E-state index contributed by atoms with van der Waals surface area (Å²) in [6, 6.07) is 6.12. The van der Waals surface area contributed by atoms with E-state index >= 15 is 0 Å². The SMILES string of the molecule is Cc1cc2ncccc2n1CCN. The van der Waals surface area contributed by atoms with E-state index in [2.05, 4.69) is 28.6 Å². The minimum Gasteiger partial charge on any atom is -0.342 e. The Balaban J connectivity index is 2.64. The topological polar surface area (TPSA) is 43.8 Å². The molecular formula is C10H13N3. The quantitative estimate of drug-likeness (QED) is 0.747. The van der Waals surface area contributed by atoms with E-state index in [-0.39, 0.29) is 0 Å². The normalized spacial score (nSPS) is 10.9. The van der Waals surface area contributed by atoms with Crippen molar-refractivity contribution < 1.29 is 0 Å². The maximum atomic E-state index is 5.54. The second-order valence-corrected chi connectivity index (χ2v) is 3.13. The van der Waals surface area contributed by atoms with Gasteiger partial charge in [0.2, 0.25) is 0 Å². The maximum absolute atomic E-state index is 5.54. The van der Waals surface area contributed by atoms with E-state index in [0.29, 0.717) is 6.54 Å². The molecule has 0 fully saturated rings. The zero-order valence-corrected chi connectivity index (χ0v) is 7.70. The molecule has 13 heavy (non-hydrogen) atoms. The molecule has 68 valence electrons. The van der Waals surface area contributed by atoms with E-state index in [4.69, 9.17) is 5.73 Å². The van der Waals surface area contributed by atoms with Crippen LogP contribution in [0.25, 0.3) is 11.0 Å². The second-order valence-electron chi connectivity index (χ2n) is 3.13. The van der Waals surface area contributed by atoms with Crippen LogP contribution in [0.2, 0.25) is 0 Å². The van der Waals surface area contributed by atoms with E-state index in [1.807, 2.05) is 12.3 Å². The van der Waals surface area contributed by atoms with Crippen molar-refractivity contribution >= 4 is 11.0 Å². The molecule has 0 unspecified atom stereocenters. The number of hydrogen-bond acceptors (Lipinski definition) is 2. The van der Waals surface area contributed by atoms with E-state index in [1.54, 1.807) is 0 Å². The number of nitrogens with two attached hydrogens (primary N) is 1. The summed E-state index contributed by atoms with van der Waals surface area (Å²) in [7, 11) is 0. The molecule has 0 atom stereocenters. The van der Waals surface area contributed by atoms with Gasteiger partial charge in [-0.3, -0.25) is 4.98 Å². The van der Waals surface area contributed by atoms with Crippen molar-refractivity contribution in [3.8, 4) is 0 Å². The minimum absolute atomic E-state index is 0.666. The monoisotopic (exact) mass is 175 g/mol. The van der Waals surface area contributed by atoms with Crippen LogP contribution in [0.5, 0.6) is 0 Å². The standard InChI is InChI=1S/C10H13N3/c1-8-7-9-10(3-2-5-12-9)13(8)6-4-11/h2-3,5,7H,4,6,11H2,1H3. The first-order valence-electron chi connectivity index (χ1n) is 4.44. The summed E-state index contributed by atoms with van der Waals surface area (Å²) in [6.07, 6.45) is 1.81. The molecule has 0 aromatic carbocycles. The third-order valence-corrected chi connectivity index (χ3v) is 2.23. The van der Waals surface area contributed by atoms with Gasteiger partial charge in [-0.2, -0.15) is 0 Å². The van der Waals surface area contributed by atoms with Crippen LogP contribution in [0.3, 0.4) is 0 Å². The van der Waals surface area contributed by atoms with Crippen LogP contribution in [0, 0.1) is 6.92 Å². The first kappa shape index (κ1) is 8.26. The van der Waals surface area contributed by atoms with Crippen LogP contribution in [0.15, 0.2) is 24.4 Å². The number of aryl methyl sites for hydroxylation is 1. The van der Waals surface area contributed by atoms with Gasteiger partial charge in [0.1, 0.15) is 0 Å². The highest BCUT2D eigenvalue weighted by Crippen LogP contribution is 2.16. The number of nitrogens with zero attached hydrogens (tertiary/aromatic N) is 2. The Morgan fingerprint density at radius 3 is 3.15 bits per heavy atom. The largest absolute Gasteiger partial charge is 0.342 e. The Hall–Kier alpha value is -1.35. The molecule has 0 spiro atoms. The van der Waals surface area contributed by atoms with Gasteiger partial charge in [-0.05, 0) is 25.1 Å². The van der Waals surface area contributed by atoms with Crippen molar-refractivity contribution in [1.82, 2.24) is 9.55 Å². The van der Waals surface area contributed by atoms with Gasteiger partial charge in [-0.25, -0.2) is 0 Å². The van der Waals surface area contributed by atoms with Crippen molar-refractivity contribution in [1.29, 1.82) is 0 Å². The van der Waals surface area contributed by atoms with Gasteiger partial charge >= 0.3 is 0 Å². The lowest BCUT2D eigenvalue weighted by molar-refractivity contribution is 0.715. The molecule has 0 saturated heterocycles. The molecule has 2 aromatic rings. The Morgan fingerprint density at radius 1 is 1.54 bits per heavy atom.